The summed E-state index contributed by atoms with van der Waals surface area (Å²) in [5.74, 6) is -0.458. The maximum absolute atomic E-state index is 13.0. The number of nitrogens with one attached hydrogen (secondary N) is 1. The molecule has 0 heterocycles. The molecule has 76 valence electrons. The summed E-state index contributed by atoms with van der Waals surface area (Å²) < 4.78 is 18.3. The van der Waals surface area contributed by atoms with Gasteiger partial charge in [0.1, 0.15) is 24.0 Å². The molecule has 0 saturated carbocycles. The van der Waals surface area contributed by atoms with Gasteiger partial charge in [0.15, 0.2) is 0 Å². The van der Waals surface area contributed by atoms with Gasteiger partial charge in [0.05, 0.1) is 9.50 Å². The highest BCUT2D eigenvalue weighted by atomic mass is 79.9. The third-order valence-corrected chi connectivity index (χ3v) is 2.26. The van der Waals surface area contributed by atoms with Crippen molar-refractivity contribution < 1.29 is 9.13 Å². The minimum absolute atomic E-state index is 0.110. The van der Waals surface area contributed by atoms with E-state index in [4.69, 9.17) is 27.5 Å². The zero-order valence-electron chi connectivity index (χ0n) is 6.98. The molecular weight excluding hydrogens is 274 g/mol. The van der Waals surface area contributed by atoms with Crippen LogP contribution in [-0.2, 0) is 0 Å². The van der Waals surface area contributed by atoms with E-state index in [9.17, 15) is 4.39 Å². The second-order valence-electron chi connectivity index (χ2n) is 2.51. The summed E-state index contributed by atoms with van der Waals surface area (Å²) in [6.07, 6.45) is 0. The van der Waals surface area contributed by atoms with Crippen LogP contribution in [0.3, 0.4) is 0 Å². The molecule has 0 amide bonds. The van der Waals surface area contributed by atoms with Gasteiger partial charge in [-0.2, -0.15) is 0 Å². The fraction of sp³-hybridized carbons (Fsp3) is 0.125. The molecule has 3 N–H and O–H groups in total. The molecule has 0 radical (unpaired) electrons. The van der Waals surface area contributed by atoms with Crippen LogP contribution >= 0.6 is 27.5 Å². The maximum atomic E-state index is 13.0. The molecule has 0 spiro atoms. The van der Waals surface area contributed by atoms with Crippen molar-refractivity contribution in [1.82, 2.24) is 0 Å². The SMILES string of the molecule is N=C(N)COc1cc(F)c(Br)cc1Cl. The van der Waals surface area contributed by atoms with E-state index in [0.29, 0.717) is 0 Å². The maximum Gasteiger partial charge on any atom is 0.145 e. The fourth-order valence-electron chi connectivity index (χ4n) is 0.770. The van der Waals surface area contributed by atoms with Crippen molar-refractivity contribution >= 4 is 33.4 Å². The number of halogens is 3. The van der Waals surface area contributed by atoms with Crippen LogP contribution in [-0.4, -0.2) is 12.4 Å². The molecule has 0 bridgehead atoms. The molecule has 0 atom stereocenters. The Morgan fingerprint density at radius 2 is 2.29 bits per heavy atom. The van der Waals surface area contributed by atoms with Crippen LogP contribution in [0.5, 0.6) is 5.75 Å². The van der Waals surface area contributed by atoms with Crippen LogP contribution in [0.1, 0.15) is 0 Å². The summed E-state index contributed by atoms with van der Waals surface area (Å²) in [6, 6.07) is 2.52. The number of amidine groups is 1. The second-order valence-corrected chi connectivity index (χ2v) is 3.77. The minimum atomic E-state index is -0.479. The van der Waals surface area contributed by atoms with E-state index in [1.54, 1.807) is 0 Å². The van der Waals surface area contributed by atoms with Gasteiger partial charge in [-0.15, -0.1) is 0 Å². The first-order valence-electron chi connectivity index (χ1n) is 3.61. The molecule has 14 heavy (non-hydrogen) atoms. The minimum Gasteiger partial charge on any atom is -0.484 e. The number of benzene rings is 1. The lowest BCUT2D eigenvalue weighted by Crippen LogP contribution is -2.19. The van der Waals surface area contributed by atoms with Crippen molar-refractivity contribution in [2.45, 2.75) is 0 Å². The Morgan fingerprint density at radius 1 is 1.64 bits per heavy atom. The topological polar surface area (TPSA) is 59.1 Å². The predicted octanol–water partition coefficient (Wildman–Crippen LogP) is 2.56. The highest BCUT2D eigenvalue weighted by Gasteiger charge is 2.07. The van der Waals surface area contributed by atoms with E-state index in [1.165, 1.54) is 6.07 Å². The molecule has 1 aromatic carbocycles. The molecule has 3 nitrogen and oxygen atoms in total. The van der Waals surface area contributed by atoms with E-state index >= 15 is 0 Å². The summed E-state index contributed by atoms with van der Waals surface area (Å²) in [6.45, 7) is -0.110. The van der Waals surface area contributed by atoms with Crippen molar-refractivity contribution in [1.29, 1.82) is 5.41 Å². The van der Waals surface area contributed by atoms with E-state index in [-0.39, 0.29) is 27.7 Å². The Bertz CT molecular complexity index is 373. The van der Waals surface area contributed by atoms with Crippen molar-refractivity contribution in [3.05, 3.63) is 27.4 Å². The van der Waals surface area contributed by atoms with E-state index in [0.717, 1.165) is 6.07 Å². The summed E-state index contributed by atoms with van der Waals surface area (Å²) in [5, 5.41) is 7.18. The first-order valence-corrected chi connectivity index (χ1v) is 4.78. The van der Waals surface area contributed by atoms with E-state index in [1.807, 2.05) is 0 Å². The molecule has 0 aromatic heterocycles. The lowest BCUT2D eigenvalue weighted by molar-refractivity contribution is 0.372. The van der Waals surface area contributed by atoms with E-state index < -0.39 is 5.82 Å². The van der Waals surface area contributed by atoms with Crippen LogP contribution in [0.2, 0.25) is 5.02 Å². The first-order chi connectivity index (χ1) is 6.50. The van der Waals surface area contributed by atoms with Crippen LogP contribution in [0.4, 0.5) is 4.39 Å². The monoisotopic (exact) mass is 280 g/mol. The Morgan fingerprint density at radius 3 is 2.86 bits per heavy atom. The average molecular weight is 282 g/mol. The summed E-state index contributed by atoms with van der Waals surface area (Å²) >= 11 is 8.73. The van der Waals surface area contributed by atoms with Crippen LogP contribution in [0.25, 0.3) is 0 Å². The Balaban J connectivity index is 2.87. The van der Waals surface area contributed by atoms with Crippen molar-refractivity contribution in [2.24, 2.45) is 5.73 Å². The quantitative estimate of drug-likeness (QED) is 0.508. The molecule has 1 rings (SSSR count). The number of ether oxygens (including phenoxy) is 1. The highest BCUT2D eigenvalue weighted by Crippen LogP contribution is 2.30. The zero-order chi connectivity index (χ0) is 10.7. The van der Waals surface area contributed by atoms with Gasteiger partial charge in [-0.3, -0.25) is 5.41 Å². The van der Waals surface area contributed by atoms with Crippen molar-refractivity contribution in [3.63, 3.8) is 0 Å². The molecule has 0 saturated heterocycles. The molecule has 0 aliphatic rings. The molecule has 6 heteroatoms. The zero-order valence-corrected chi connectivity index (χ0v) is 9.32. The Labute approximate surface area is 93.6 Å². The van der Waals surface area contributed by atoms with Gasteiger partial charge in [-0.05, 0) is 22.0 Å². The van der Waals surface area contributed by atoms with Crippen molar-refractivity contribution in [3.8, 4) is 5.75 Å². The number of hydrogen-bond acceptors (Lipinski definition) is 2. The van der Waals surface area contributed by atoms with Gasteiger partial charge in [0.25, 0.3) is 0 Å². The van der Waals surface area contributed by atoms with Crippen molar-refractivity contribution in [2.75, 3.05) is 6.61 Å². The Kier molecular flexibility index (Phi) is 3.71. The third kappa shape index (κ3) is 2.85. The lowest BCUT2D eigenvalue weighted by Gasteiger charge is -2.07. The van der Waals surface area contributed by atoms with Gasteiger partial charge < -0.3 is 10.5 Å². The first kappa shape index (κ1) is 11.3. The number of rotatable bonds is 3. The molecule has 0 fully saturated rings. The molecule has 0 aliphatic heterocycles. The van der Waals surface area contributed by atoms with E-state index in [2.05, 4.69) is 15.9 Å². The van der Waals surface area contributed by atoms with Gasteiger partial charge in [0.2, 0.25) is 0 Å². The molecule has 0 unspecified atom stereocenters. The Hall–Kier alpha value is -0.810. The molecule has 0 aliphatic carbocycles. The molecule has 1 aromatic rings. The molecular formula is C8H7BrClFN2O. The number of nitrogens with two attached hydrogens (primary N) is 1. The van der Waals surface area contributed by atoms with Crippen LogP contribution in [0, 0.1) is 11.2 Å². The smallest absolute Gasteiger partial charge is 0.145 e. The van der Waals surface area contributed by atoms with Gasteiger partial charge in [0, 0.05) is 6.07 Å². The van der Waals surface area contributed by atoms with Gasteiger partial charge >= 0.3 is 0 Å². The highest BCUT2D eigenvalue weighted by molar-refractivity contribution is 9.10. The largest absolute Gasteiger partial charge is 0.484 e. The second kappa shape index (κ2) is 4.61. The van der Waals surface area contributed by atoms with Gasteiger partial charge in [-0.1, -0.05) is 11.6 Å². The summed E-state index contributed by atoms with van der Waals surface area (Å²) in [5.41, 5.74) is 5.07. The summed E-state index contributed by atoms with van der Waals surface area (Å²) in [4.78, 5) is 0. The van der Waals surface area contributed by atoms with Crippen LogP contribution in [0.15, 0.2) is 16.6 Å². The normalized spacial score (nSPS) is 9.93. The van der Waals surface area contributed by atoms with Crippen LogP contribution < -0.4 is 10.5 Å². The summed E-state index contributed by atoms with van der Waals surface area (Å²) in [7, 11) is 0. The predicted molar refractivity (Wildman–Crippen MR) is 56.5 cm³/mol. The van der Waals surface area contributed by atoms with Gasteiger partial charge in [-0.25, -0.2) is 4.39 Å². The average Bonchev–Trinajstić information content (AvgIpc) is 2.09. The number of hydrogen-bond donors (Lipinski definition) is 2. The lowest BCUT2D eigenvalue weighted by atomic mass is 10.3. The third-order valence-electron chi connectivity index (χ3n) is 1.36. The standard InChI is InChI=1S/C8H7BrClFN2O/c9-4-1-5(10)7(2-6(4)11)14-3-8(12)13/h1-2H,3H2,(H3,12,13). The fourth-order valence-corrected chi connectivity index (χ4v) is 1.46.